The quantitative estimate of drug-likeness (QED) is 0.700. The first-order valence-corrected chi connectivity index (χ1v) is 11.4. The van der Waals surface area contributed by atoms with Gasteiger partial charge in [-0.3, -0.25) is 4.90 Å². The molecule has 0 saturated carbocycles. The van der Waals surface area contributed by atoms with Crippen molar-refractivity contribution < 1.29 is 19.0 Å². The summed E-state index contributed by atoms with van der Waals surface area (Å²) in [5.41, 5.74) is 4.61. The standard InChI is InChI=1S/C23H25NO4S/c1-3-26-23(25)21-14(2)28-20-10-18(21)19-11-24(15-8-9-29-12-15)13-27-22(19)17-7-5-4-6-16(17)20/h4-7,10,15,20H,3,8-9,11-13H2,1-2H3. The average Bonchev–Trinajstić information content (AvgIpc) is 3.25. The van der Waals surface area contributed by atoms with Crippen LogP contribution in [0.25, 0.3) is 5.76 Å². The number of carbonyl (C=O) groups is 1. The molecule has 0 spiro atoms. The van der Waals surface area contributed by atoms with Crippen molar-refractivity contribution >= 4 is 23.5 Å². The summed E-state index contributed by atoms with van der Waals surface area (Å²) in [6, 6.07) is 8.73. The topological polar surface area (TPSA) is 48.0 Å². The second-order valence-corrected chi connectivity index (χ2v) is 8.85. The molecule has 1 aliphatic carbocycles. The number of esters is 1. The molecule has 1 saturated heterocycles. The van der Waals surface area contributed by atoms with Crippen LogP contribution in [0, 0.1) is 0 Å². The number of ether oxygens (including phenoxy) is 3. The van der Waals surface area contributed by atoms with Crippen molar-refractivity contribution in [2.75, 3.05) is 31.4 Å². The van der Waals surface area contributed by atoms with Crippen LogP contribution in [-0.2, 0) is 19.0 Å². The highest BCUT2D eigenvalue weighted by atomic mass is 32.2. The van der Waals surface area contributed by atoms with Gasteiger partial charge in [0.15, 0.2) is 0 Å². The van der Waals surface area contributed by atoms with Gasteiger partial charge in [-0.25, -0.2) is 4.79 Å². The van der Waals surface area contributed by atoms with Crippen LogP contribution in [0.1, 0.15) is 37.5 Å². The Morgan fingerprint density at radius 3 is 3.00 bits per heavy atom. The predicted octanol–water partition coefficient (Wildman–Crippen LogP) is 4.04. The van der Waals surface area contributed by atoms with Crippen molar-refractivity contribution in [3.8, 4) is 0 Å². The molecular formula is C23H25NO4S. The molecule has 29 heavy (non-hydrogen) atoms. The van der Waals surface area contributed by atoms with E-state index in [1.54, 1.807) is 0 Å². The molecule has 6 heteroatoms. The molecule has 152 valence electrons. The lowest BCUT2D eigenvalue weighted by Gasteiger charge is -2.35. The van der Waals surface area contributed by atoms with E-state index in [4.69, 9.17) is 14.2 Å². The summed E-state index contributed by atoms with van der Waals surface area (Å²) in [7, 11) is 0. The monoisotopic (exact) mass is 411 g/mol. The molecule has 2 unspecified atom stereocenters. The zero-order valence-electron chi connectivity index (χ0n) is 16.8. The highest BCUT2D eigenvalue weighted by Crippen LogP contribution is 2.46. The zero-order valence-corrected chi connectivity index (χ0v) is 17.6. The molecule has 4 aliphatic rings. The van der Waals surface area contributed by atoms with Gasteiger partial charge < -0.3 is 14.2 Å². The fraction of sp³-hybridized carbons (Fsp3) is 0.435. The van der Waals surface area contributed by atoms with Crippen molar-refractivity contribution in [2.45, 2.75) is 32.4 Å². The lowest BCUT2D eigenvalue weighted by molar-refractivity contribution is -0.138. The maximum atomic E-state index is 12.8. The van der Waals surface area contributed by atoms with E-state index in [1.807, 2.05) is 37.7 Å². The summed E-state index contributed by atoms with van der Waals surface area (Å²) < 4.78 is 17.9. The van der Waals surface area contributed by atoms with E-state index in [1.165, 1.54) is 12.2 Å². The minimum atomic E-state index is -0.332. The van der Waals surface area contributed by atoms with Crippen LogP contribution in [-0.4, -0.2) is 48.3 Å². The number of fused-ring (bicyclic) bond motifs is 5. The van der Waals surface area contributed by atoms with Crippen LogP contribution in [0.5, 0.6) is 0 Å². The SMILES string of the molecule is CCOC(=O)C1=C(C)OC2C=C1C1=C(OCN(C3CCSC3)C1)c1ccccc12. The van der Waals surface area contributed by atoms with Gasteiger partial charge in [0.1, 0.15) is 29.9 Å². The van der Waals surface area contributed by atoms with Crippen molar-refractivity contribution in [3.63, 3.8) is 0 Å². The maximum absolute atomic E-state index is 12.8. The van der Waals surface area contributed by atoms with Crippen molar-refractivity contribution in [3.05, 3.63) is 63.9 Å². The van der Waals surface area contributed by atoms with Crippen LogP contribution < -0.4 is 0 Å². The largest absolute Gasteiger partial charge is 0.485 e. The van der Waals surface area contributed by atoms with E-state index < -0.39 is 0 Å². The summed E-state index contributed by atoms with van der Waals surface area (Å²) in [6.45, 7) is 5.36. The van der Waals surface area contributed by atoms with E-state index in [9.17, 15) is 4.79 Å². The predicted molar refractivity (Wildman–Crippen MR) is 113 cm³/mol. The van der Waals surface area contributed by atoms with Crippen molar-refractivity contribution in [1.82, 2.24) is 4.90 Å². The molecule has 3 aliphatic heterocycles. The molecule has 5 nitrogen and oxygen atoms in total. The molecule has 0 amide bonds. The van der Waals surface area contributed by atoms with Crippen LogP contribution in [0.15, 0.2) is 52.8 Å². The highest BCUT2D eigenvalue weighted by molar-refractivity contribution is 7.99. The second kappa shape index (κ2) is 7.58. The Labute approximate surface area is 175 Å². The third kappa shape index (κ3) is 3.19. The molecule has 3 heterocycles. The second-order valence-electron chi connectivity index (χ2n) is 7.70. The first-order valence-electron chi connectivity index (χ1n) is 10.2. The minimum Gasteiger partial charge on any atom is -0.485 e. The van der Waals surface area contributed by atoms with Gasteiger partial charge >= 0.3 is 5.97 Å². The molecule has 2 atom stereocenters. The smallest absolute Gasteiger partial charge is 0.342 e. The molecule has 0 aromatic heterocycles. The van der Waals surface area contributed by atoms with Gasteiger partial charge in [0.25, 0.3) is 0 Å². The number of hydrogen-bond acceptors (Lipinski definition) is 6. The number of nitrogens with zero attached hydrogens (tertiary/aromatic N) is 1. The average molecular weight is 412 g/mol. The number of hydrogen-bond donors (Lipinski definition) is 0. The molecule has 0 N–H and O–H groups in total. The van der Waals surface area contributed by atoms with Gasteiger partial charge in [-0.15, -0.1) is 0 Å². The maximum Gasteiger partial charge on any atom is 0.342 e. The van der Waals surface area contributed by atoms with Gasteiger partial charge in [-0.1, -0.05) is 24.3 Å². The number of allylic oxidation sites excluding steroid dienone is 1. The fourth-order valence-electron chi connectivity index (χ4n) is 4.57. The van der Waals surface area contributed by atoms with Gasteiger partial charge in [0.2, 0.25) is 0 Å². The Morgan fingerprint density at radius 2 is 2.21 bits per heavy atom. The summed E-state index contributed by atoms with van der Waals surface area (Å²) in [6.07, 6.45) is 3.01. The third-order valence-corrected chi connectivity index (χ3v) is 7.14. The van der Waals surface area contributed by atoms with Crippen LogP contribution in [0.2, 0.25) is 0 Å². The van der Waals surface area contributed by atoms with Crippen LogP contribution in [0.3, 0.4) is 0 Å². The van der Waals surface area contributed by atoms with E-state index >= 15 is 0 Å². The minimum absolute atomic E-state index is 0.232. The lowest BCUT2D eigenvalue weighted by Crippen LogP contribution is -2.41. The van der Waals surface area contributed by atoms with Gasteiger partial charge in [-0.05, 0) is 32.1 Å². The summed E-state index contributed by atoms with van der Waals surface area (Å²) in [5, 5.41) is 0. The Morgan fingerprint density at radius 1 is 1.34 bits per heavy atom. The summed E-state index contributed by atoms with van der Waals surface area (Å²) in [4.78, 5) is 15.2. The van der Waals surface area contributed by atoms with E-state index in [2.05, 4.69) is 23.1 Å². The summed E-state index contributed by atoms with van der Waals surface area (Å²) >= 11 is 2.00. The molecule has 2 bridgehead atoms. The molecule has 1 aromatic carbocycles. The van der Waals surface area contributed by atoms with Crippen molar-refractivity contribution in [1.29, 1.82) is 0 Å². The number of carbonyl (C=O) groups excluding carboxylic acids is 1. The molecule has 1 aromatic rings. The Kier molecular flexibility index (Phi) is 4.92. The normalized spacial score (nSPS) is 26.1. The number of benzene rings is 1. The van der Waals surface area contributed by atoms with Crippen LogP contribution >= 0.6 is 11.8 Å². The number of rotatable bonds is 3. The first-order chi connectivity index (χ1) is 14.2. The molecule has 5 rings (SSSR count). The van der Waals surface area contributed by atoms with E-state index in [0.29, 0.717) is 30.7 Å². The Hall–Kier alpha value is -2.18. The first kappa shape index (κ1) is 18.8. The van der Waals surface area contributed by atoms with Gasteiger partial charge in [0.05, 0.1) is 6.61 Å². The molecule has 1 fully saturated rings. The molecular weight excluding hydrogens is 386 g/mol. The van der Waals surface area contributed by atoms with Crippen LogP contribution in [0.4, 0.5) is 0 Å². The van der Waals surface area contributed by atoms with Crippen molar-refractivity contribution in [2.24, 2.45) is 0 Å². The highest BCUT2D eigenvalue weighted by Gasteiger charge is 2.39. The van der Waals surface area contributed by atoms with Gasteiger partial charge in [0, 0.05) is 40.6 Å². The Balaban J connectivity index is 1.63. The zero-order chi connectivity index (χ0) is 20.0. The van der Waals surface area contributed by atoms with E-state index in [0.717, 1.165) is 40.3 Å². The van der Waals surface area contributed by atoms with Gasteiger partial charge in [-0.2, -0.15) is 11.8 Å². The molecule has 0 radical (unpaired) electrons. The van der Waals surface area contributed by atoms with E-state index in [-0.39, 0.29) is 12.1 Å². The third-order valence-electron chi connectivity index (χ3n) is 5.99. The number of thioether (sulfide) groups is 1. The summed E-state index contributed by atoms with van der Waals surface area (Å²) in [5.74, 6) is 3.48. The Bertz CT molecular complexity index is 942. The fourth-order valence-corrected chi connectivity index (χ4v) is 5.82. The lowest BCUT2D eigenvalue weighted by atomic mass is 9.92.